The van der Waals surface area contributed by atoms with Crippen LogP contribution in [0.3, 0.4) is 0 Å². The Kier molecular flexibility index (Phi) is 6.51. The highest BCUT2D eigenvalue weighted by Crippen LogP contribution is 2.37. The Morgan fingerprint density at radius 3 is 2.55 bits per heavy atom. The normalized spacial score (nSPS) is 19.9. The number of carboxylic acids is 1. The fourth-order valence-corrected chi connectivity index (χ4v) is 5.81. The van der Waals surface area contributed by atoms with Gasteiger partial charge in [-0.25, -0.2) is 4.39 Å². The Morgan fingerprint density at radius 1 is 1.05 bits per heavy atom. The molecule has 4 aromatic rings. The van der Waals surface area contributed by atoms with E-state index in [-0.39, 0.29) is 11.9 Å². The third-order valence-corrected chi connectivity index (χ3v) is 7.81. The van der Waals surface area contributed by atoms with Gasteiger partial charge in [0, 0.05) is 67.0 Å². The first kappa shape index (κ1) is 24.5. The number of ether oxygens (including phenoxy) is 1. The fraction of sp³-hybridized carbons (Fsp3) is 0.300. The van der Waals surface area contributed by atoms with Gasteiger partial charge in [0.25, 0.3) is 0 Å². The molecule has 7 nitrogen and oxygen atoms in total. The van der Waals surface area contributed by atoms with Gasteiger partial charge in [0.2, 0.25) is 0 Å². The summed E-state index contributed by atoms with van der Waals surface area (Å²) in [5.74, 6) is -0.253. The molecule has 1 fully saturated rings. The number of fused-ring (bicyclic) bond motifs is 3. The molecule has 38 heavy (non-hydrogen) atoms. The molecule has 196 valence electrons. The van der Waals surface area contributed by atoms with E-state index < -0.39 is 12.0 Å². The van der Waals surface area contributed by atoms with Crippen LogP contribution in [0.15, 0.2) is 66.7 Å². The molecule has 2 aliphatic heterocycles. The lowest BCUT2D eigenvalue weighted by Crippen LogP contribution is -2.46. The molecule has 3 heterocycles. The number of hydrogen-bond donors (Lipinski definition) is 3. The number of H-pyrrole nitrogens is 1. The highest BCUT2D eigenvalue weighted by Gasteiger charge is 2.34. The van der Waals surface area contributed by atoms with Gasteiger partial charge < -0.3 is 19.7 Å². The number of nitrogens with zero attached hydrogens (tertiary/aromatic N) is 2. The number of carboxylic acid groups (broad SMARTS) is 1. The van der Waals surface area contributed by atoms with Gasteiger partial charge in [-0.1, -0.05) is 24.3 Å². The standard InChI is InChI=1S/C30H31FN4O3/c1-38-27-11-6-19(16-20(27)18-34-12-14-35(15-13-34)22-9-7-21(31)8-10-22)28-29-24(17-26(33-28)30(36)37)23-4-2-3-5-25(23)32-29/h2-11,16,26,28,32-33H,12-15,17-18H2,1H3,(H,36,37)/t26-,28+/m0/s1. The van der Waals surface area contributed by atoms with Crippen molar-refractivity contribution in [3.8, 4) is 5.75 Å². The summed E-state index contributed by atoms with van der Waals surface area (Å²) in [6.07, 6.45) is 0.437. The van der Waals surface area contributed by atoms with Gasteiger partial charge >= 0.3 is 5.97 Å². The number of para-hydroxylation sites is 1. The van der Waals surface area contributed by atoms with Crippen LogP contribution in [0.25, 0.3) is 10.9 Å². The lowest BCUT2D eigenvalue weighted by molar-refractivity contribution is -0.139. The second-order valence-electron chi connectivity index (χ2n) is 10.1. The second-order valence-corrected chi connectivity index (χ2v) is 10.1. The van der Waals surface area contributed by atoms with Gasteiger partial charge in [0.15, 0.2) is 0 Å². The topological polar surface area (TPSA) is 80.8 Å². The van der Waals surface area contributed by atoms with Gasteiger partial charge in [-0.05, 0) is 53.6 Å². The molecule has 0 spiro atoms. The number of aromatic nitrogens is 1. The second kappa shape index (κ2) is 10.1. The summed E-state index contributed by atoms with van der Waals surface area (Å²) < 4.78 is 19.0. The van der Waals surface area contributed by atoms with E-state index in [1.54, 1.807) is 7.11 Å². The van der Waals surface area contributed by atoms with Crippen LogP contribution < -0.4 is 15.0 Å². The number of aromatic amines is 1. The van der Waals surface area contributed by atoms with Gasteiger partial charge in [0.05, 0.1) is 13.2 Å². The molecular formula is C30H31FN4O3. The molecule has 0 unspecified atom stereocenters. The molecule has 0 radical (unpaired) electrons. The first-order valence-corrected chi connectivity index (χ1v) is 13.0. The SMILES string of the molecule is COc1ccc([C@H]2N[C@H](C(=O)O)Cc3c2[nH]c2ccccc32)cc1CN1CCN(c2ccc(F)cc2)CC1. The molecule has 1 aromatic heterocycles. The zero-order valence-corrected chi connectivity index (χ0v) is 21.3. The van der Waals surface area contributed by atoms with Crippen LogP contribution in [-0.4, -0.2) is 60.3 Å². The maximum absolute atomic E-state index is 13.3. The van der Waals surface area contributed by atoms with Crippen molar-refractivity contribution in [1.29, 1.82) is 0 Å². The summed E-state index contributed by atoms with van der Waals surface area (Å²) in [5.41, 5.74) is 6.21. The van der Waals surface area contributed by atoms with Crippen LogP contribution in [0, 0.1) is 5.82 Å². The highest BCUT2D eigenvalue weighted by molar-refractivity contribution is 5.87. The Labute approximate surface area is 220 Å². The number of halogens is 1. The number of benzene rings is 3. The van der Waals surface area contributed by atoms with Crippen molar-refractivity contribution in [3.05, 3.63) is 94.9 Å². The Hall–Kier alpha value is -3.88. The van der Waals surface area contributed by atoms with Crippen molar-refractivity contribution < 1.29 is 19.0 Å². The third-order valence-electron chi connectivity index (χ3n) is 7.81. The van der Waals surface area contributed by atoms with Gasteiger partial charge in [-0.3, -0.25) is 15.0 Å². The molecular weight excluding hydrogens is 483 g/mol. The lowest BCUT2D eigenvalue weighted by Gasteiger charge is -2.36. The Bertz CT molecular complexity index is 1460. The van der Waals surface area contributed by atoms with Gasteiger partial charge in [0.1, 0.15) is 17.6 Å². The van der Waals surface area contributed by atoms with E-state index in [2.05, 4.69) is 32.2 Å². The molecule has 0 aliphatic carbocycles. The van der Waals surface area contributed by atoms with Gasteiger partial charge in [-0.15, -0.1) is 0 Å². The average Bonchev–Trinajstić information content (AvgIpc) is 3.32. The molecule has 3 N–H and O–H groups in total. The number of carbonyl (C=O) groups is 1. The molecule has 8 heteroatoms. The minimum atomic E-state index is -0.848. The number of piperazine rings is 1. The van der Waals surface area contributed by atoms with Crippen molar-refractivity contribution in [2.24, 2.45) is 0 Å². The van der Waals surface area contributed by atoms with Crippen molar-refractivity contribution in [2.45, 2.75) is 25.0 Å². The van der Waals surface area contributed by atoms with Crippen LogP contribution in [0.1, 0.15) is 28.4 Å². The number of nitrogens with one attached hydrogen (secondary N) is 2. The van der Waals surface area contributed by atoms with E-state index >= 15 is 0 Å². The monoisotopic (exact) mass is 514 g/mol. The Morgan fingerprint density at radius 2 is 1.82 bits per heavy atom. The van der Waals surface area contributed by atoms with E-state index in [0.717, 1.165) is 77.4 Å². The predicted octanol–water partition coefficient (Wildman–Crippen LogP) is 4.33. The van der Waals surface area contributed by atoms with E-state index in [4.69, 9.17) is 4.74 Å². The summed E-state index contributed by atoms with van der Waals surface area (Å²) >= 11 is 0. The minimum Gasteiger partial charge on any atom is -0.496 e. The zero-order chi connectivity index (χ0) is 26.2. The summed E-state index contributed by atoms with van der Waals surface area (Å²) in [7, 11) is 1.68. The quantitative estimate of drug-likeness (QED) is 0.356. The molecule has 2 aliphatic rings. The fourth-order valence-electron chi connectivity index (χ4n) is 5.81. The maximum Gasteiger partial charge on any atom is 0.321 e. The smallest absolute Gasteiger partial charge is 0.321 e. The van der Waals surface area contributed by atoms with Crippen LogP contribution in [0.5, 0.6) is 5.75 Å². The summed E-state index contributed by atoms with van der Waals surface area (Å²) in [4.78, 5) is 20.3. The van der Waals surface area contributed by atoms with Crippen molar-refractivity contribution in [3.63, 3.8) is 0 Å². The van der Waals surface area contributed by atoms with Crippen molar-refractivity contribution >= 4 is 22.6 Å². The van der Waals surface area contributed by atoms with E-state index in [1.807, 2.05) is 42.5 Å². The van der Waals surface area contributed by atoms with E-state index in [1.165, 1.54) is 12.1 Å². The van der Waals surface area contributed by atoms with Crippen LogP contribution >= 0.6 is 0 Å². The minimum absolute atomic E-state index is 0.221. The molecule has 3 aromatic carbocycles. The molecule has 0 saturated carbocycles. The molecule has 1 saturated heterocycles. The Balaban J connectivity index is 1.26. The summed E-state index contributed by atoms with van der Waals surface area (Å²) in [6.45, 7) is 4.19. The number of aliphatic carboxylic acids is 1. The molecule has 0 amide bonds. The molecule has 6 rings (SSSR count). The van der Waals surface area contributed by atoms with Crippen LogP contribution in [-0.2, 0) is 17.8 Å². The first-order valence-electron chi connectivity index (χ1n) is 13.0. The van der Waals surface area contributed by atoms with E-state index in [0.29, 0.717) is 6.42 Å². The molecule has 2 atom stereocenters. The molecule has 0 bridgehead atoms. The van der Waals surface area contributed by atoms with Crippen LogP contribution in [0.4, 0.5) is 10.1 Å². The van der Waals surface area contributed by atoms with Crippen molar-refractivity contribution in [1.82, 2.24) is 15.2 Å². The van der Waals surface area contributed by atoms with Crippen LogP contribution in [0.2, 0.25) is 0 Å². The average molecular weight is 515 g/mol. The third kappa shape index (κ3) is 4.61. The first-order chi connectivity index (χ1) is 18.5. The summed E-state index contributed by atoms with van der Waals surface area (Å²) in [6, 6.07) is 19.9. The predicted molar refractivity (Wildman–Crippen MR) is 145 cm³/mol. The number of methoxy groups -OCH3 is 1. The highest BCUT2D eigenvalue weighted by atomic mass is 19.1. The largest absolute Gasteiger partial charge is 0.496 e. The lowest BCUT2D eigenvalue weighted by atomic mass is 9.89. The maximum atomic E-state index is 13.3. The number of anilines is 1. The number of hydrogen-bond acceptors (Lipinski definition) is 5. The number of rotatable bonds is 6. The van der Waals surface area contributed by atoms with E-state index in [9.17, 15) is 14.3 Å². The van der Waals surface area contributed by atoms with Gasteiger partial charge in [-0.2, -0.15) is 0 Å². The van der Waals surface area contributed by atoms with Crippen molar-refractivity contribution in [2.75, 3.05) is 38.2 Å². The zero-order valence-electron chi connectivity index (χ0n) is 21.3. The summed E-state index contributed by atoms with van der Waals surface area (Å²) in [5, 5.41) is 14.3.